The standard InChI is InChI=1S/C10H12BNO4/c13-11(14)16-10-3-1-9(2-4-10)12-5-7-15-8-6-12/h1-4H,5-8H2/q-2. The Hall–Kier alpha value is -1.24. The SMILES string of the molecule is [O-]B([O-])Oc1ccc(N2CCOCC2)cc1. The highest BCUT2D eigenvalue weighted by Crippen LogP contribution is 2.20. The second kappa shape index (κ2) is 5.20. The van der Waals surface area contributed by atoms with Gasteiger partial charge in [0.25, 0.3) is 0 Å². The fraction of sp³-hybridized carbons (Fsp3) is 0.400. The smallest absolute Gasteiger partial charge is 0.133 e. The Kier molecular flexibility index (Phi) is 3.66. The summed E-state index contributed by atoms with van der Waals surface area (Å²) >= 11 is 0. The fourth-order valence-electron chi connectivity index (χ4n) is 1.67. The van der Waals surface area contributed by atoms with Crippen LogP contribution in [0.1, 0.15) is 0 Å². The average molecular weight is 221 g/mol. The van der Waals surface area contributed by atoms with Gasteiger partial charge in [-0.15, -0.1) is 0 Å². The molecule has 16 heavy (non-hydrogen) atoms. The summed E-state index contributed by atoms with van der Waals surface area (Å²) in [5.41, 5.74) is 1.05. The van der Waals surface area contributed by atoms with Crippen molar-refractivity contribution in [1.82, 2.24) is 0 Å². The molecule has 0 N–H and O–H groups in total. The summed E-state index contributed by atoms with van der Waals surface area (Å²) in [6.07, 6.45) is 0. The van der Waals surface area contributed by atoms with Crippen molar-refractivity contribution >= 4 is 13.0 Å². The molecule has 1 saturated heterocycles. The molecule has 0 amide bonds. The summed E-state index contributed by atoms with van der Waals surface area (Å²) in [6.45, 7) is 3.15. The van der Waals surface area contributed by atoms with E-state index in [4.69, 9.17) is 4.74 Å². The first-order valence-corrected chi connectivity index (χ1v) is 5.17. The van der Waals surface area contributed by atoms with E-state index in [2.05, 4.69) is 9.55 Å². The lowest BCUT2D eigenvalue weighted by Crippen LogP contribution is -2.50. The van der Waals surface area contributed by atoms with Gasteiger partial charge in [-0.1, -0.05) is 0 Å². The molecular formula is C10H12BNO4-2. The summed E-state index contributed by atoms with van der Waals surface area (Å²) < 4.78 is 9.75. The molecule has 0 spiro atoms. The zero-order chi connectivity index (χ0) is 11.4. The van der Waals surface area contributed by atoms with Gasteiger partial charge in [0.15, 0.2) is 0 Å². The third-order valence-corrected chi connectivity index (χ3v) is 2.45. The van der Waals surface area contributed by atoms with Crippen molar-refractivity contribution < 1.29 is 19.4 Å². The molecule has 1 aliphatic rings. The Labute approximate surface area is 94.4 Å². The van der Waals surface area contributed by atoms with E-state index in [9.17, 15) is 10.0 Å². The number of anilines is 1. The fourth-order valence-corrected chi connectivity index (χ4v) is 1.67. The van der Waals surface area contributed by atoms with Gasteiger partial charge in [-0.05, 0) is 24.3 Å². The third-order valence-electron chi connectivity index (χ3n) is 2.45. The van der Waals surface area contributed by atoms with Crippen molar-refractivity contribution in [3.63, 3.8) is 0 Å². The van der Waals surface area contributed by atoms with E-state index >= 15 is 0 Å². The molecule has 0 aromatic heterocycles. The number of hydrogen-bond donors (Lipinski definition) is 0. The van der Waals surface area contributed by atoms with E-state index in [1.807, 2.05) is 12.1 Å². The highest BCUT2D eigenvalue weighted by Gasteiger charge is 2.10. The Bertz CT molecular complexity index is 324. The van der Waals surface area contributed by atoms with E-state index in [0.29, 0.717) is 5.75 Å². The molecule has 6 heteroatoms. The van der Waals surface area contributed by atoms with Gasteiger partial charge in [0.2, 0.25) is 0 Å². The maximum atomic E-state index is 10.3. The van der Waals surface area contributed by atoms with Crippen LogP contribution >= 0.6 is 0 Å². The predicted octanol–water partition coefficient (Wildman–Crippen LogP) is -1.39. The molecule has 1 aromatic rings. The van der Waals surface area contributed by atoms with Crippen LogP contribution in [0, 0.1) is 0 Å². The van der Waals surface area contributed by atoms with Crippen LogP contribution in [0.5, 0.6) is 5.75 Å². The molecule has 2 rings (SSSR count). The number of nitrogens with zero attached hydrogens (tertiary/aromatic N) is 1. The molecule has 1 heterocycles. The van der Waals surface area contributed by atoms with Crippen LogP contribution in [0.15, 0.2) is 24.3 Å². The van der Waals surface area contributed by atoms with Gasteiger partial charge in [0.1, 0.15) is 7.32 Å². The Morgan fingerprint density at radius 2 is 1.75 bits per heavy atom. The number of ether oxygens (including phenoxy) is 1. The van der Waals surface area contributed by atoms with Crippen LogP contribution in [0.4, 0.5) is 5.69 Å². The van der Waals surface area contributed by atoms with Crippen molar-refractivity contribution in [2.75, 3.05) is 31.2 Å². The zero-order valence-electron chi connectivity index (χ0n) is 8.80. The van der Waals surface area contributed by atoms with Gasteiger partial charge in [-0.25, -0.2) is 0 Å². The summed E-state index contributed by atoms with van der Waals surface area (Å²) in [5.74, 6) is 0.312. The predicted molar refractivity (Wildman–Crippen MR) is 55.9 cm³/mol. The molecule has 1 aliphatic heterocycles. The number of morpholine rings is 1. The van der Waals surface area contributed by atoms with Gasteiger partial charge in [0, 0.05) is 18.8 Å². The topological polar surface area (TPSA) is 67.8 Å². The lowest BCUT2D eigenvalue weighted by molar-refractivity contribution is -0.372. The minimum Gasteiger partial charge on any atom is -0.860 e. The number of benzene rings is 1. The van der Waals surface area contributed by atoms with E-state index < -0.39 is 7.32 Å². The minimum absolute atomic E-state index is 0.312. The van der Waals surface area contributed by atoms with Gasteiger partial charge >= 0.3 is 0 Å². The molecule has 1 aromatic carbocycles. The maximum absolute atomic E-state index is 10.3. The average Bonchev–Trinajstić information content (AvgIpc) is 2.30. The minimum atomic E-state index is -2.27. The molecule has 0 saturated carbocycles. The molecule has 0 atom stereocenters. The zero-order valence-corrected chi connectivity index (χ0v) is 8.80. The monoisotopic (exact) mass is 221 g/mol. The summed E-state index contributed by atoms with van der Waals surface area (Å²) in [6, 6.07) is 6.94. The van der Waals surface area contributed by atoms with Gasteiger partial charge in [-0.2, -0.15) is 0 Å². The van der Waals surface area contributed by atoms with Crippen LogP contribution in [0.3, 0.4) is 0 Å². The van der Waals surface area contributed by atoms with Gasteiger partial charge in [-0.3, -0.25) is 0 Å². The highest BCUT2D eigenvalue weighted by molar-refractivity contribution is 6.29. The van der Waals surface area contributed by atoms with Crippen molar-refractivity contribution in [1.29, 1.82) is 0 Å². The van der Waals surface area contributed by atoms with Crippen molar-refractivity contribution in [2.45, 2.75) is 0 Å². The first kappa shape index (κ1) is 11.3. The van der Waals surface area contributed by atoms with Crippen molar-refractivity contribution in [3.8, 4) is 5.75 Å². The van der Waals surface area contributed by atoms with Crippen LogP contribution in [-0.4, -0.2) is 33.6 Å². The van der Waals surface area contributed by atoms with Crippen molar-refractivity contribution in [2.24, 2.45) is 0 Å². The third kappa shape index (κ3) is 2.88. The van der Waals surface area contributed by atoms with Gasteiger partial charge < -0.3 is 24.3 Å². The summed E-state index contributed by atoms with van der Waals surface area (Å²) in [7, 11) is -2.27. The molecule has 5 nitrogen and oxygen atoms in total. The molecule has 86 valence electrons. The molecular weight excluding hydrogens is 209 g/mol. The van der Waals surface area contributed by atoms with Crippen LogP contribution in [0.25, 0.3) is 0 Å². The van der Waals surface area contributed by atoms with E-state index in [1.54, 1.807) is 12.1 Å². The second-order valence-corrected chi connectivity index (χ2v) is 3.50. The van der Waals surface area contributed by atoms with Crippen LogP contribution < -0.4 is 19.6 Å². The lowest BCUT2D eigenvalue weighted by Gasteiger charge is -2.30. The molecule has 0 bridgehead atoms. The normalized spacial score (nSPS) is 16.0. The lowest BCUT2D eigenvalue weighted by atomic mass is 10.2. The Morgan fingerprint density at radius 3 is 2.31 bits per heavy atom. The van der Waals surface area contributed by atoms with E-state index in [0.717, 1.165) is 32.0 Å². The molecule has 0 aliphatic carbocycles. The first-order valence-electron chi connectivity index (χ1n) is 5.17. The largest absolute Gasteiger partial charge is 0.860 e. The number of rotatable bonds is 3. The highest BCUT2D eigenvalue weighted by atomic mass is 16.6. The summed E-state index contributed by atoms with van der Waals surface area (Å²) in [4.78, 5) is 2.18. The number of hydrogen-bond acceptors (Lipinski definition) is 5. The van der Waals surface area contributed by atoms with E-state index in [1.165, 1.54) is 0 Å². The quantitative estimate of drug-likeness (QED) is 0.587. The first-order chi connectivity index (χ1) is 7.75. The van der Waals surface area contributed by atoms with Crippen molar-refractivity contribution in [3.05, 3.63) is 24.3 Å². The molecule has 0 unspecified atom stereocenters. The molecule has 1 fully saturated rings. The maximum Gasteiger partial charge on any atom is 0.133 e. The Balaban J connectivity index is 2.00. The Morgan fingerprint density at radius 1 is 1.12 bits per heavy atom. The van der Waals surface area contributed by atoms with Crippen LogP contribution in [0.2, 0.25) is 0 Å². The summed E-state index contributed by atoms with van der Waals surface area (Å²) in [5, 5.41) is 20.6. The second-order valence-electron chi connectivity index (χ2n) is 3.50. The van der Waals surface area contributed by atoms with Crippen LogP contribution in [-0.2, 0) is 4.74 Å². The molecule has 0 radical (unpaired) electrons. The van der Waals surface area contributed by atoms with E-state index in [-0.39, 0.29) is 0 Å². The van der Waals surface area contributed by atoms with Gasteiger partial charge in [0.05, 0.1) is 19.0 Å².